The molecule has 1 amide bonds. The van der Waals surface area contributed by atoms with Crippen LogP contribution in [0.15, 0.2) is 40.1 Å². The predicted octanol–water partition coefficient (Wildman–Crippen LogP) is 4.00. The Hall–Kier alpha value is -2.28. The lowest BCUT2D eigenvalue weighted by atomic mass is 9.87. The highest BCUT2D eigenvalue weighted by molar-refractivity contribution is 7.99. The second kappa shape index (κ2) is 7.53. The van der Waals surface area contributed by atoms with Crippen LogP contribution in [0.5, 0.6) is 0 Å². The summed E-state index contributed by atoms with van der Waals surface area (Å²) in [6.07, 6.45) is 6.39. The van der Waals surface area contributed by atoms with Crippen LogP contribution in [0.4, 0.5) is 0 Å². The quantitative estimate of drug-likeness (QED) is 0.663. The minimum Gasteiger partial charge on any atom is -0.411 e. The van der Waals surface area contributed by atoms with Gasteiger partial charge in [-0.15, -0.1) is 10.2 Å². The van der Waals surface area contributed by atoms with Crippen molar-refractivity contribution in [3.05, 3.63) is 30.5 Å². The van der Waals surface area contributed by atoms with Gasteiger partial charge in [0.15, 0.2) is 0 Å². The number of hydrogen-bond acceptors (Lipinski definition) is 5. The molecule has 2 N–H and O–H groups in total. The third-order valence-corrected chi connectivity index (χ3v) is 5.75. The largest absolute Gasteiger partial charge is 0.411 e. The molecule has 26 heavy (non-hydrogen) atoms. The molecule has 0 atom stereocenters. The summed E-state index contributed by atoms with van der Waals surface area (Å²) < 4.78 is 5.73. The number of rotatable bonds is 5. The first kappa shape index (κ1) is 17.1. The number of para-hydroxylation sites is 1. The second-order valence-corrected chi connectivity index (χ2v) is 7.86. The molecule has 0 unspecified atom stereocenters. The van der Waals surface area contributed by atoms with Gasteiger partial charge in [0, 0.05) is 23.1 Å². The topological polar surface area (TPSA) is 83.8 Å². The molecule has 0 bridgehead atoms. The van der Waals surface area contributed by atoms with Crippen LogP contribution in [-0.2, 0) is 4.79 Å². The number of carbonyl (C=O) groups excluding carboxylic acids is 1. The Morgan fingerprint density at radius 2 is 2.08 bits per heavy atom. The van der Waals surface area contributed by atoms with Crippen LogP contribution in [0.3, 0.4) is 0 Å². The number of aromatic nitrogens is 3. The lowest BCUT2D eigenvalue weighted by molar-refractivity contribution is -0.119. The maximum Gasteiger partial charge on any atom is 0.277 e. The van der Waals surface area contributed by atoms with Crippen molar-refractivity contribution in [2.45, 2.75) is 43.9 Å². The molecule has 3 aromatic rings. The molecule has 0 saturated heterocycles. The van der Waals surface area contributed by atoms with E-state index in [1.807, 2.05) is 30.5 Å². The highest BCUT2D eigenvalue weighted by Crippen LogP contribution is 2.29. The standard InChI is InChI=1S/C19H22N4O2S/c1-12-6-8-13(9-7-12)21-17(24)11-26-19-23-22-18(25-19)15-10-20-16-5-3-2-4-14(15)16/h2-5,10,12-13,20H,6-9,11H2,1H3,(H,21,24). The van der Waals surface area contributed by atoms with Crippen LogP contribution >= 0.6 is 11.8 Å². The van der Waals surface area contributed by atoms with Crippen LogP contribution in [0, 0.1) is 5.92 Å². The van der Waals surface area contributed by atoms with Gasteiger partial charge in [0.2, 0.25) is 5.91 Å². The molecule has 2 heterocycles. The number of benzene rings is 1. The molecule has 1 fully saturated rings. The SMILES string of the molecule is CC1CCC(NC(=O)CSc2nnc(-c3c[nH]c4ccccc34)o2)CC1. The summed E-state index contributed by atoms with van der Waals surface area (Å²) in [5.41, 5.74) is 1.90. The summed E-state index contributed by atoms with van der Waals surface area (Å²) in [6.45, 7) is 2.27. The average molecular weight is 370 g/mol. The van der Waals surface area contributed by atoms with E-state index in [9.17, 15) is 4.79 Å². The maximum absolute atomic E-state index is 12.1. The minimum absolute atomic E-state index is 0.0291. The molecule has 0 spiro atoms. The van der Waals surface area contributed by atoms with Gasteiger partial charge in [-0.1, -0.05) is 36.9 Å². The van der Waals surface area contributed by atoms with Crippen molar-refractivity contribution in [2.75, 3.05) is 5.75 Å². The zero-order valence-corrected chi connectivity index (χ0v) is 15.5. The number of hydrogen-bond donors (Lipinski definition) is 2. The van der Waals surface area contributed by atoms with Crippen molar-refractivity contribution in [1.82, 2.24) is 20.5 Å². The molecule has 2 aromatic heterocycles. The Morgan fingerprint density at radius 3 is 2.92 bits per heavy atom. The molecule has 1 aromatic carbocycles. The maximum atomic E-state index is 12.1. The first-order valence-corrected chi connectivity index (χ1v) is 10.00. The molecule has 6 nitrogen and oxygen atoms in total. The summed E-state index contributed by atoms with van der Waals surface area (Å²) in [6, 6.07) is 8.27. The van der Waals surface area contributed by atoms with Gasteiger partial charge < -0.3 is 14.7 Å². The van der Waals surface area contributed by atoms with Gasteiger partial charge in [0.25, 0.3) is 11.1 Å². The summed E-state index contributed by atoms with van der Waals surface area (Å²) in [5.74, 6) is 1.56. The first-order chi connectivity index (χ1) is 12.7. The molecule has 1 saturated carbocycles. The van der Waals surface area contributed by atoms with Crippen LogP contribution in [0.1, 0.15) is 32.6 Å². The van der Waals surface area contributed by atoms with Crippen molar-refractivity contribution in [3.8, 4) is 11.5 Å². The smallest absolute Gasteiger partial charge is 0.277 e. The number of amides is 1. The summed E-state index contributed by atoms with van der Waals surface area (Å²) in [7, 11) is 0. The highest BCUT2D eigenvalue weighted by atomic mass is 32.2. The van der Waals surface area contributed by atoms with Gasteiger partial charge in [0.1, 0.15) is 0 Å². The molecule has 4 rings (SSSR count). The molecular formula is C19H22N4O2S. The molecule has 1 aliphatic carbocycles. The lowest BCUT2D eigenvalue weighted by Crippen LogP contribution is -2.38. The normalized spacial score (nSPS) is 20.3. The van der Waals surface area contributed by atoms with Crippen molar-refractivity contribution < 1.29 is 9.21 Å². The average Bonchev–Trinajstić information content (AvgIpc) is 3.28. The van der Waals surface area contributed by atoms with E-state index in [2.05, 4.69) is 27.4 Å². The molecule has 136 valence electrons. The zero-order chi connectivity index (χ0) is 17.9. The highest BCUT2D eigenvalue weighted by Gasteiger charge is 2.20. The van der Waals surface area contributed by atoms with Gasteiger partial charge >= 0.3 is 0 Å². The number of nitrogens with zero attached hydrogens (tertiary/aromatic N) is 2. The molecule has 0 aliphatic heterocycles. The minimum atomic E-state index is 0.0291. The van der Waals surface area contributed by atoms with E-state index in [0.717, 1.165) is 35.2 Å². The van der Waals surface area contributed by atoms with Gasteiger partial charge in [-0.05, 0) is 37.7 Å². The Morgan fingerprint density at radius 1 is 1.27 bits per heavy atom. The van der Waals surface area contributed by atoms with E-state index >= 15 is 0 Å². The Bertz CT molecular complexity index is 896. The number of fused-ring (bicyclic) bond motifs is 1. The van der Waals surface area contributed by atoms with Crippen molar-refractivity contribution in [3.63, 3.8) is 0 Å². The second-order valence-electron chi connectivity index (χ2n) is 6.93. The number of thioether (sulfide) groups is 1. The third kappa shape index (κ3) is 3.77. The Labute approximate surface area is 156 Å². The zero-order valence-electron chi connectivity index (χ0n) is 14.7. The van der Waals surface area contributed by atoms with E-state index in [1.54, 1.807) is 0 Å². The van der Waals surface area contributed by atoms with Crippen LogP contribution in [0.25, 0.3) is 22.4 Å². The number of nitrogens with one attached hydrogen (secondary N) is 2. The van der Waals surface area contributed by atoms with E-state index in [-0.39, 0.29) is 5.91 Å². The van der Waals surface area contributed by atoms with Crippen molar-refractivity contribution in [1.29, 1.82) is 0 Å². The molecular weight excluding hydrogens is 348 g/mol. The van der Waals surface area contributed by atoms with E-state index in [1.165, 1.54) is 24.6 Å². The predicted molar refractivity (Wildman–Crippen MR) is 102 cm³/mol. The summed E-state index contributed by atoms with van der Waals surface area (Å²) >= 11 is 1.28. The Balaban J connectivity index is 1.34. The fourth-order valence-electron chi connectivity index (χ4n) is 3.43. The van der Waals surface area contributed by atoms with Crippen molar-refractivity contribution in [2.24, 2.45) is 5.92 Å². The monoisotopic (exact) mass is 370 g/mol. The third-order valence-electron chi connectivity index (χ3n) is 4.93. The molecule has 1 aliphatic rings. The summed E-state index contributed by atoms with van der Waals surface area (Å²) in [4.78, 5) is 15.3. The molecule has 7 heteroatoms. The fraction of sp³-hybridized carbons (Fsp3) is 0.421. The van der Waals surface area contributed by atoms with E-state index in [0.29, 0.717) is 22.9 Å². The van der Waals surface area contributed by atoms with E-state index in [4.69, 9.17) is 4.42 Å². The van der Waals surface area contributed by atoms with Crippen LogP contribution < -0.4 is 5.32 Å². The summed E-state index contributed by atoms with van der Waals surface area (Å²) in [5, 5.41) is 12.7. The van der Waals surface area contributed by atoms with E-state index < -0.39 is 0 Å². The van der Waals surface area contributed by atoms with Crippen molar-refractivity contribution >= 4 is 28.6 Å². The lowest BCUT2D eigenvalue weighted by Gasteiger charge is -2.26. The van der Waals surface area contributed by atoms with Gasteiger partial charge in [0.05, 0.1) is 11.3 Å². The fourth-order valence-corrected chi connectivity index (χ4v) is 4.00. The Kier molecular flexibility index (Phi) is 4.97. The van der Waals surface area contributed by atoms with Gasteiger partial charge in [-0.2, -0.15) is 0 Å². The van der Waals surface area contributed by atoms with Crippen LogP contribution in [-0.4, -0.2) is 32.9 Å². The van der Waals surface area contributed by atoms with Gasteiger partial charge in [-0.3, -0.25) is 4.79 Å². The number of carbonyl (C=O) groups is 1. The van der Waals surface area contributed by atoms with Gasteiger partial charge in [-0.25, -0.2) is 0 Å². The number of aromatic amines is 1. The molecule has 0 radical (unpaired) electrons. The number of H-pyrrole nitrogens is 1. The van der Waals surface area contributed by atoms with Crippen LogP contribution in [0.2, 0.25) is 0 Å². The first-order valence-electron chi connectivity index (χ1n) is 9.01.